The largest absolute Gasteiger partial charge is 0.478 e. The molecule has 0 fully saturated rings. The van der Waals surface area contributed by atoms with E-state index in [1.807, 2.05) is 0 Å². The molecule has 2 aromatic rings. The molecule has 2 N–H and O–H groups in total. The number of aromatic carboxylic acids is 1. The fraction of sp³-hybridized carbons (Fsp3) is 0. The van der Waals surface area contributed by atoms with E-state index in [0.29, 0.717) is 0 Å². The maximum absolute atomic E-state index is 13.0. The van der Waals surface area contributed by atoms with Crippen LogP contribution in [0.2, 0.25) is 0 Å². The standard InChI is InChI=1S/C12H8F2N2O2/c13-9-2-1-7(5-10(9)14)16-11-3-4-15-6-8(11)12(17)18/h1-6H,(H,15,16)(H,17,18). The third-order valence-corrected chi connectivity index (χ3v) is 2.25. The number of carbonyl (C=O) groups is 1. The van der Waals surface area contributed by atoms with E-state index in [-0.39, 0.29) is 16.9 Å². The van der Waals surface area contributed by atoms with E-state index >= 15 is 0 Å². The molecular formula is C12H8F2N2O2. The summed E-state index contributed by atoms with van der Waals surface area (Å²) < 4.78 is 25.7. The van der Waals surface area contributed by atoms with Gasteiger partial charge >= 0.3 is 5.97 Å². The van der Waals surface area contributed by atoms with Crippen molar-refractivity contribution in [1.29, 1.82) is 0 Å². The van der Waals surface area contributed by atoms with E-state index < -0.39 is 17.6 Å². The molecule has 0 amide bonds. The Kier molecular flexibility index (Phi) is 3.18. The average Bonchev–Trinajstić information content (AvgIpc) is 2.34. The SMILES string of the molecule is O=C(O)c1cnccc1Nc1ccc(F)c(F)c1. The highest BCUT2D eigenvalue weighted by atomic mass is 19.2. The zero-order valence-corrected chi connectivity index (χ0v) is 9.02. The summed E-state index contributed by atoms with van der Waals surface area (Å²) in [5, 5.41) is 11.6. The van der Waals surface area contributed by atoms with Gasteiger partial charge in [0.1, 0.15) is 5.56 Å². The van der Waals surface area contributed by atoms with Gasteiger partial charge < -0.3 is 10.4 Å². The van der Waals surface area contributed by atoms with Crippen LogP contribution < -0.4 is 5.32 Å². The summed E-state index contributed by atoms with van der Waals surface area (Å²) in [5.41, 5.74) is 0.452. The number of hydrogen-bond donors (Lipinski definition) is 2. The van der Waals surface area contributed by atoms with Crippen molar-refractivity contribution in [1.82, 2.24) is 4.98 Å². The minimum Gasteiger partial charge on any atom is -0.478 e. The summed E-state index contributed by atoms with van der Waals surface area (Å²) in [6.45, 7) is 0. The number of hydrogen-bond acceptors (Lipinski definition) is 3. The molecule has 0 unspecified atom stereocenters. The van der Waals surface area contributed by atoms with Gasteiger partial charge in [0.05, 0.1) is 5.69 Å². The molecule has 4 nitrogen and oxygen atoms in total. The van der Waals surface area contributed by atoms with E-state index in [4.69, 9.17) is 5.11 Å². The van der Waals surface area contributed by atoms with Crippen molar-refractivity contribution < 1.29 is 18.7 Å². The first-order valence-electron chi connectivity index (χ1n) is 4.97. The van der Waals surface area contributed by atoms with Crippen LogP contribution in [-0.2, 0) is 0 Å². The second-order valence-electron chi connectivity index (χ2n) is 3.48. The van der Waals surface area contributed by atoms with Gasteiger partial charge in [-0.05, 0) is 18.2 Å². The molecule has 0 saturated carbocycles. The molecule has 0 radical (unpaired) electrons. The highest BCUT2D eigenvalue weighted by molar-refractivity contribution is 5.94. The number of carboxylic acids is 1. The maximum Gasteiger partial charge on any atom is 0.339 e. The lowest BCUT2D eigenvalue weighted by molar-refractivity contribution is 0.0697. The Labute approximate surface area is 101 Å². The van der Waals surface area contributed by atoms with Crippen molar-refractivity contribution in [2.75, 3.05) is 5.32 Å². The van der Waals surface area contributed by atoms with Crippen LogP contribution in [0.25, 0.3) is 0 Å². The molecule has 1 heterocycles. The van der Waals surface area contributed by atoms with Gasteiger partial charge in [0.15, 0.2) is 11.6 Å². The summed E-state index contributed by atoms with van der Waals surface area (Å²) in [4.78, 5) is 14.6. The number of carboxylic acid groups (broad SMARTS) is 1. The molecule has 6 heteroatoms. The lowest BCUT2D eigenvalue weighted by Gasteiger charge is -2.09. The first kappa shape index (κ1) is 12.0. The van der Waals surface area contributed by atoms with Gasteiger partial charge in [-0.2, -0.15) is 0 Å². The van der Waals surface area contributed by atoms with Gasteiger partial charge in [-0.15, -0.1) is 0 Å². The monoisotopic (exact) mass is 250 g/mol. The molecule has 1 aromatic carbocycles. The number of rotatable bonds is 3. The molecule has 0 aliphatic carbocycles. The van der Waals surface area contributed by atoms with E-state index in [1.54, 1.807) is 0 Å². The predicted molar refractivity (Wildman–Crippen MR) is 60.8 cm³/mol. The summed E-state index contributed by atoms with van der Waals surface area (Å²) in [6, 6.07) is 4.65. The Hall–Kier alpha value is -2.50. The number of benzene rings is 1. The molecule has 0 spiro atoms. The first-order chi connectivity index (χ1) is 8.58. The van der Waals surface area contributed by atoms with Crippen LogP contribution in [0.3, 0.4) is 0 Å². The fourth-order valence-corrected chi connectivity index (χ4v) is 1.40. The molecule has 0 aliphatic heterocycles. The Morgan fingerprint density at radius 3 is 2.67 bits per heavy atom. The molecule has 0 bridgehead atoms. The van der Waals surface area contributed by atoms with Crippen molar-refractivity contribution in [2.45, 2.75) is 0 Å². The van der Waals surface area contributed by atoms with E-state index in [1.165, 1.54) is 24.5 Å². The summed E-state index contributed by atoms with van der Waals surface area (Å²) >= 11 is 0. The smallest absolute Gasteiger partial charge is 0.339 e. The van der Waals surface area contributed by atoms with Crippen molar-refractivity contribution in [3.05, 3.63) is 53.9 Å². The normalized spacial score (nSPS) is 10.1. The van der Waals surface area contributed by atoms with Crippen molar-refractivity contribution in [3.63, 3.8) is 0 Å². The highest BCUT2D eigenvalue weighted by Gasteiger charge is 2.10. The topological polar surface area (TPSA) is 62.2 Å². The van der Waals surface area contributed by atoms with Gasteiger partial charge in [-0.25, -0.2) is 13.6 Å². The van der Waals surface area contributed by atoms with Gasteiger partial charge in [0.25, 0.3) is 0 Å². The summed E-state index contributed by atoms with van der Waals surface area (Å²) in [7, 11) is 0. The van der Waals surface area contributed by atoms with Gasteiger partial charge in [0, 0.05) is 24.1 Å². The second-order valence-corrected chi connectivity index (χ2v) is 3.48. The van der Waals surface area contributed by atoms with Crippen LogP contribution in [0.4, 0.5) is 20.2 Å². The van der Waals surface area contributed by atoms with Crippen LogP contribution in [0.5, 0.6) is 0 Å². The minimum atomic E-state index is -1.16. The Balaban J connectivity index is 2.34. The van der Waals surface area contributed by atoms with Gasteiger partial charge in [0.2, 0.25) is 0 Å². The van der Waals surface area contributed by atoms with Gasteiger partial charge in [-0.3, -0.25) is 4.98 Å². The lowest BCUT2D eigenvalue weighted by Crippen LogP contribution is -2.03. The van der Waals surface area contributed by atoms with Crippen LogP contribution >= 0.6 is 0 Å². The van der Waals surface area contributed by atoms with E-state index in [9.17, 15) is 13.6 Å². The molecule has 1 aromatic heterocycles. The Bertz CT molecular complexity index is 602. The predicted octanol–water partition coefficient (Wildman–Crippen LogP) is 2.80. The number of nitrogens with zero attached hydrogens (tertiary/aromatic N) is 1. The van der Waals surface area contributed by atoms with Crippen molar-refractivity contribution in [2.24, 2.45) is 0 Å². The van der Waals surface area contributed by atoms with Gasteiger partial charge in [-0.1, -0.05) is 0 Å². The quantitative estimate of drug-likeness (QED) is 0.879. The molecule has 18 heavy (non-hydrogen) atoms. The van der Waals surface area contributed by atoms with Crippen molar-refractivity contribution in [3.8, 4) is 0 Å². The lowest BCUT2D eigenvalue weighted by atomic mass is 10.2. The average molecular weight is 250 g/mol. The molecule has 0 atom stereocenters. The van der Waals surface area contributed by atoms with Crippen molar-refractivity contribution >= 4 is 17.3 Å². The van der Waals surface area contributed by atoms with E-state index in [0.717, 1.165) is 12.1 Å². The third-order valence-electron chi connectivity index (χ3n) is 2.25. The molecular weight excluding hydrogens is 242 g/mol. The minimum absolute atomic E-state index is 0.0535. The third kappa shape index (κ3) is 2.42. The Morgan fingerprint density at radius 2 is 2.00 bits per heavy atom. The summed E-state index contributed by atoms with van der Waals surface area (Å²) in [5.74, 6) is -3.13. The molecule has 92 valence electrons. The van der Waals surface area contributed by atoms with Crippen LogP contribution in [0, 0.1) is 11.6 Å². The number of halogens is 2. The molecule has 2 rings (SSSR count). The van der Waals surface area contributed by atoms with Crippen LogP contribution in [0.15, 0.2) is 36.7 Å². The zero-order valence-electron chi connectivity index (χ0n) is 9.02. The molecule has 0 aliphatic rings. The molecule has 0 saturated heterocycles. The first-order valence-corrected chi connectivity index (χ1v) is 4.97. The summed E-state index contributed by atoms with van der Waals surface area (Å²) in [6.07, 6.45) is 2.57. The fourth-order valence-electron chi connectivity index (χ4n) is 1.40. The zero-order chi connectivity index (χ0) is 13.1. The van der Waals surface area contributed by atoms with E-state index in [2.05, 4.69) is 10.3 Å². The number of anilines is 2. The van der Waals surface area contributed by atoms with Crippen LogP contribution in [0.1, 0.15) is 10.4 Å². The van der Waals surface area contributed by atoms with Crippen LogP contribution in [-0.4, -0.2) is 16.1 Å². The number of pyridine rings is 1. The maximum atomic E-state index is 13.0. The second kappa shape index (κ2) is 4.79. The highest BCUT2D eigenvalue weighted by Crippen LogP contribution is 2.21. The number of aromatic nitrogens is 1. The Morgan fingerprint density at radius 1 is 1.22 bits per heavy atom. The number of nitrogens with one attached hydrogen (secondary N) is 1.